The van der Waals surface area contributed by atoms with Gasteiger partial charge in [-0.2, -0.15) is 0 Å². The number of amides is 1. The Morgan fingerprint density at radius 3 is 2.86 bits per heavy atom. The number of carbonyl (C=O) groups excluding carboxylic acids is 1. The van der Waals surface area contributed by atoms with E-state index in [-0.39, 0.29) is 0 Å². The molecule has 3 aliphatic rings. The smallest absolute Gasteiger partial charge is 0.329 e. The fourth-order valence-electron chi connectivity index (χ4n) is 3.44. The molecule has 3 rings (SSSR count). The van der Waals surface area contributed by atoms with Gasteiger partial charge < -0.3 is 25.0 Å². The molecule has 5 atom stereocenters. The number of carboxylic acid groups (broad SMARTS) is 2. The standard InChI is InChI=1S/C13H15NO7/c15-7(16)5-13-8(11(17)14-10(13)12(18)19)9-6(21-13)3-1-2-4-20-9/h1,3,6,8-10H,2,4-5H2,(H,14,17)(H,15,16)(H,18,19)/t6-,8+,9+,10-,13+/m0/s1. The lowest BCUT2D eigenvalue weighted by molar-refractivity contribution is -0.155. The van der Waals surface area contributed by atoms with E-state index in [1.165, 1.54) is 0 Å². The van der Waals surface area contributed by atoms with Gasteiger partial charge in [0.1, 0.15) is 17.8 Å². The number of aliphatic carboxylic acids is 2. The summed E-state index contributed by atoms with van der Waals surface area (Å²) in [5.41, 5.74) is -1.62. The maximum absolute atomic E-state index is 12.2. The first-order chi connectivity index (χ1) is 9.95. The Morgan fingerprint density at radius 2 is 2.19 bits per heavy atom. The van der Waals surface area contributed by atoms with Crippen LogP contribution in [0.4, 0.5) is 0 Å². The van der Waals surface area contributed by atoms with Crippen LogP contribution in [0.3, 0.4) is 0 Å². The van der Waals surface area contributed by atoms with Gasteiger partial charge in [-0.1, -0.05) is 12.2 Å². The molecule has 8 heteroatoms. The van der Waals surface area contributed by atoms with E-state index < -0.39 is 54.0 Å². The van der Waals surface area contributed by atoms with Gasteiger partial charge in [0.05, 0.1) is 18.9 Å². The SMILES string of the molecule is O=C(O)C[C@@]12O[C@H]3C=CCCO[C@H]3[C@@H]1C(=O)N[C@H]2C(=O)O. The van der Waals surface area contributed by atoms with Crippen LogP contribution in [0.15, 0.2) is 12.2 Å². The van der Waals surface area contributed by atoms with Crippen LogP contribution < -0.4 is 5.32 Å². The normalized spacial score (nSPS) is 41.0. The van der Waals surface area contributed by atoms with E-state index in [9.17, 15) is 19.5 Å². The van der Waals surface area contributed by atoms with Gasteiger partial charge in [-0.3, -0.25) is 9.59 Å². The van der Waals surface area contributed by atoms with Crippen molar-refractivity contribution in [1.29, 1.82) is 0 Å². The molecule has 0 spiro atoms. The zero-order valence-electron chi connectivity index (χ0n) is 11.0. The number of nitrogens with one attached hydrogen (secondary N) is 1. The molecule has 0 unspecified atom stereocenters. The molecule has 0 aliphatic carbocycles. The van der Waals surface area contributed by atoms with Crippen molar-refractivity contribution in [3.8, 4) is 0 Å². The Kier molecular flexibility index (Phi) is 3.22. The second kappa shape index (κ2) is 4.81. The fraction of sp³-hybridized carbons (Fsp3) is 0.615. The van der Waals surface area contributed by atoms with Crippen LogP contribution in [0, 0.1) is 5.92 Å². The van der Waals surface area contributed by atoms with E-state index in [0.29, 0.717) is 13.0 Å². The third-order valence-electron chi connectivity index (χ3n) is 4.19. The van der Waals surface area contributed by atoms with Gasteiger partial charge in [-0.25, -0.2) is 4.79 Å². The average Bonchev–Trinajstić information content (AvgIpc) is 2.71. The van der Waals surface area contributed by atoms with Crippen molar-refractivity contribution >= 4 is 17.8 Å². The average molecular weight is 297 g/mol. The first-order valence-corrected chi connectivity index (χ1v) is 6.67. The monoisotopic (exact) mass is 297 g/mol. The zero-order valence-corrected chi connectivity index (χ0v) is 11.0. The minimum Gasteiger partial charge on any atom is -0.481 e. The highest BCUT2D eigenvalue weighted by Gasteiger charge is 2.69. The highest BCUT2D eigenvalue weighted by Crippen LogP contribution is 2.47. The van der Waals surface area contributed by atoms with Gasteiger partial charge in [0.15, 0.2) is 6.04 Å². The molecule has 114 valence electrons. The Labute approximate surface area is 119 Å². The van der Waals surface area contributed by atoms with E-state index in [4.69, 9.17) is 14.6 Å². The maximum atomic E-state index is 12.2. The molecule has 8 nitrogen and oxygen atoms in total. The van der Waals surface area contributed by atoms with Gasteiger partial charge in [-0.05, 0) is 6.42 Å². The fourth-order valence-corrected chi connectivity index (χ4v) is 3.44. The van der Waals surface area contributed by atoms with Crippen molar-refractivity contribution in [2.24, 2.45) is 5.92 Å². The summed E-state index contributed by atoms with van der Waals surface area (Å²) in [6, 6.07) is -1.39. The summed E-state index contributed by atoms with van der Waals surface area (Å²) >= 11 is 0. The van der Waals surface area contributed by atoms with Crippen LogP contribution >= 0.6 is 0 Å². The van der Waals surface area contributed by atoms with E-state index >= 15 is 0 Å². The van der Waals surface area contributed by atoms with Gasteiger partial charge in [0.25, 0.3) is 0 Å². The Bertz CT molecular complexity index is 531. The van der Waals surface area contributed by atoms with Crippen LogP contribution in [-0.4, -0.2) is 58.5 Å². The van der Waals surface area contributed by atoms with Gasteiger partial charge in [0, 0.05) is 0 Å². The topological polar surface area (TPSA) is 122 Å². The highest BCUT2D eigenvalue weighted by molar-refractivity contribution is 5.94. The predicted molar refractivity (Wildman–Crippen MR) is 66.4 cm³/mol. The lowest BCUT2D eigenvalue weighted by Crippen LogP contribution is -2.52. The van der Waals surface area contributed by atoms with Gasteiger partial charge in [-0.15, -0.1) is 0 Å². The molecule has 0 aromatic heterocycles. The Morgan fingerprint density at radius 1 is 1.43 bits per heavy atom. The van der Waals surface area contributed by atoms with E-state index in [0.717, 1.165) is 0 Å². The van der Waals surface area contributed by atoms with Crippen molar-refractivity contribution in [3.63, 3.8) is 0 Å². The molecule has 0 aromatic rings. The van der Waals surface area contributed by atoms with Crippen molar-refractivity contribution in [1.82, 2.24) is 5.32 Å². The molecule has 21 heavy (non-hydrogen) atoms. The first-order valence-electron chi connectivity index (χ1n) is 6.67. The minimum atomic E-state index is -1.62. The molecule has 2 saturated heterocycles. The second-order valence-corrected chi connectivity index (χ2v) is 5.42. The van der Waals surface area contributed by atoms with Gasteiger partial charge in [0.2, 0.25) is 5.91 Å². The minimum absolute atomic E-state index is 0.381. The Balaban J connectivity index is 2.04. The van der Waals surface area contributed by atoms with E-state index in [2.05, 4.69) is 5.32 Å². The maximum Gasteiger partial charge on any atom is 0.329 e. The molecule has 3 heterocycles. The number of ether oxygens (including phenoxy) is 2. The molecule has 3 aliphatic heterocycles. The van der Waals surface area contributed by atoms with Crippen molar-refractivity contribution in [2.75, 3.05) is 6.61 Å². The van der Waals surface area contributed by atoms with E-state index in [1.54, 1.807) is 6.08 Å². The lowest BCUT2D eigenvalue weighted by atomic mass is 9.80. The first kappa shape index (κ1) is 14.0. The third kappa shape index (κ3) is 2.02. The zero-order chi connectivity index (χ0) is 15.2. The van der Waals surface area contributed by atoms with Crippen LogP contribution in [-0.2, 0) is 23.9 Å². The highest BCUT2D eigenvalue weighted by atomic mass is 16.6. The molecule has 2 fully saturated rings. The number of fused-ring (bicyclic) bond motifs is 3. The van der Waals surface area contributed by atoms with Crippen molar-refractivity contribution in [3.05, 3.63) is 12.2 Å². The number of carboxylic acids is 2. The summed E-state index contributed by atoms with van der Waals surface area (Å²) in [6.07, 6.45) is 2.37. The number of carbonyl (C=O) groups is 3. The predicted octanol–water partition coefficient (Wildman–Crippen LogP) is -0.857. The lowest BCUT2D eigenvalue weighted by Gasteiger charge is -2.29. The molecule has 1 amide bonds. The molecular weight excluding hydrogens is 282 g/mol. The largest absolute Gasteiger partial charge is 0.481 e. The van der Waals surface area contributed by atoms with Crippen molar-refractivity contribution in [2.45, 2.75) is 36.7 Å². The second-order valence-electron chi connectivity index (χ2n) is 5.42. The summed E-state index contributed by atoms with van der Waals surface area (Å²) in [4.78, 5) is 34.7. The molecular formula is C13H15NO7. The summed E-state index contributed by atoms with van der Waals surface area (Å²) < 4.78 is 11.4. The van der Waals surface area contributed by atoms with Crippen LogP contribution in [0.5, 0.6) is 0 Å². The molecule has 0 bridgehead atoms. The third-order valence-corrected chi connectivity index (χ3v) is 4.19. The molecule has 0 aromatic carbocycles. The quantitative estimate of drug-likeness (QED) is 0.579. The van der Waals surface area contributed by atoms with Crippen LogP contribution in [0.1, 0.15) is 12.8 Å². The summed E-state index contributed by atoms with van der Waals surface area (Å²) in [5.74, 6) is -4.01. The van der Waals surface area contributed by atoms with Gasteiger partial charge >= 0.3 is 11.9 Å². The van der Waals surface area contributed by atoms with Crippen LogP contribution in [0.25, 0.3) is 0 Å². The summed E-state index contributed by atoms with van der Waals surface area (Å²) in [6.45, 7) is 0.381. The molecule has 0 saturated carbocycles. The summed E-state index contributed by atoms with van der Waals surface area (Å²) in [5, 5.41) is 20.7. The molecule has 0 radical (unpaired) electrons. The number of rotatable bonds is 3. The van der Waals surface area contributed by atoms with Crippen molar-refractivity contribution < 1.29 is 34.1 Å². The van der Waals surface area contributed by atoms with Crippen LogP contribution in [0.2, 0.25) is 0 Å². The summed E-state index contributed by atoms with van der Waals surface area (Å²) in [7, 11) is 0. The number of hydrogen-bond donors (Lipinski definition) is 3. The number of hydrogen-bond acceptors (Lipinski definition) is 5. The molecule has 3 N–H and O–H groups in total. The van der Waals surface area contributed by atoms with E-state index in [1.807, 2.05) is 6.08 Å². The Hall–Kier alpha value is -1.93.